The van der Waals surface area contributed by atoms with Gasteiger partial charge in [-0.1, -0.05) is 12.1 Å². The number of likely N-dealkylation sites (tertiary alicyclic amines) is 1. The van der Waals surface area contributed by atoms with E-state index in [0.29, 0.717) is 12.5 Å². The minimum absolute atomic E-state index is 0. The Hall–Kier alpha value is -1.55. The number of carbonyl (C=O) groups excluding carboxylic acids is 1. The maximum absolute atomic E-state index is 12.7. The third-order valence-electron chi connectivity index (χ3n) is 6.11. The molecule has 1 atom stereocenters. The number of guanidine groups is 1. The summed E-state index contributed by atoms with van der Waals surface area (Å²) in [6, 6.07) is 8.49. The number of piperazine rings is 1. The van der Waals surface area contributed by atoms with Crippen molar-refractivity contribution < 1.29 is 4.79 Å². The molecule has 0 bridgehead atoms. The fourth-order valence-electron chi connectivity index (χ4n) is 4.20. The van der Waals surface area contributed by atoms with Crippen LogP contribution >= 0.6 is 24.0 Å². The van der Waals surface area contributed by atoms with E-state index in [4.69, 9.17) is 4.99 Å². The van der Waals surface area contributed by atoms with Gasteiger partial charge in [-0.3, -0.25) is 9.69 Å². The normalized spacial score (nSPS) is 18.5. The average Bonchev–Trinajstić information content (AvgIpc) is 3.31. The summed E-state index contributed by atoms with van der Waals surface area (Å²) >= 11 is 0. The first-order valence-corrected chi connectivity index (χ1v) is 11.3. The average molecular weight is 543 g/mol. The van der Waals surface area contributed by atoms with Crippen LogP contribution in [0.15, 0.2) is 29.3 Å². The van der Waals surface area contributed by atoms with Gasteiger partial charge in [0.15, 0.2) is 5.96 Å². The van der Waals surface area contributed by atoms with Crippen molar-refractivity contribution in [2.45, 2.75) is 39.3 Å². The number of amides is 1. The molecule has 1 unspecified atom stereocenters. The van der Waals surface area contributed by atoms with E-state index < -0.39 is 0 Å². The molecule has 174 valence electrons. The van der Waals surface area contributed by atoms with Crippen LogP contribution < -0.4 is 10.2 Å². The van der Waals surface area contributed by atoms with Crippen LogP contribution in [0, 0.1) is 0 Å². The van der Waals surface area contributed by atoms with Crippen LogP contribution in [0.3, 0.4) is 0 Å². The zero-order valence-corrected chi connectivity index (χ0v) is 21.8. The van der Waals surface area contributed by atoms with Gasteiger partial charge in [-0.15, -0.1) is 24.0 Å². The van der Waals surface area contributed by atoms with Gasteiger partial charge >= 0.3 is 0 Å². The molecule has 31 heavy (non-hydrogen) atoms. The number of hydrogen-bond donors (Lipinski definition) is 1. The summed E-state index contributed by atoms with van der Waals surface area (Å²) < 4.78 is 0. The number of hydrogen-bond acceptors (Lipinski definition) is 4. The van der Waals surface area contributed by atoms with Crippen LogP contribution in [-0.4, -0.2) is 92.5 Å². The van der Waals surface area contributed by atoms with Crippen molar-refractivity contribution in [1.82, 2.24) is 20.0 Å². The zero-order chi connectivity index (χ0) is 21.5. The van der Waals surface area contributed by atoms with Gasteiger partial charge in [0.25, 0.3) is 0 Å². The summed E-state index contributed by atoms with van der Waals surface area (Å²) in [6.07, 6.45) is 2.29. The maximum atomic E-state index is 12.7. The second-order valence-corrected chi connectivity index (χ2v) is 8.47. The molecule has 1 aromatic carbocycles. The molecule has 2 saturated heterocycles. The molecule has 0 spiro atoms. The smallest absolute Gasteiger partial charge is 0.239 e. The Morgan fingerprint density at radius 2 is 1.77 bits per heavy atom. The van der Waals surface area contributed by atoms with Crippen molar-refractivity contribution in [3.63, 3.8) is 0 Å². The number of benzene rings is 1. The second-order valence-electron chi connectivity index (χ2n) is 8.47. The monoisotopic (exact) mass is 542 g/mol. The van der Waals surface area contributed by atoms with E-state index in [1.165, 1.54) is 11.3 Å². The van der Waals surface area contributed by atoms with Gasteiger partial charge in [-0.25, -0.2) is 4.99 Å². The lowest BCUT2D eigenvalue weighted by atomic mass is 10.2. The topological polar surface area (TPSA) is 54.4 Å². The van der Waals surface area contributed by atoms with Crippen molar-refractivity contribution in [1.29, 1.82) is 0 Å². The van der Waals surface area contributed by atoms with E-state index in [-0.39, 0.29) is 30.0 Å². The Kier molecular flexibility index (Phi) is 10.3. The third-order valence-corrected chi connectivity index (χ3v) is 6.11. The van der Waals surface area contributed by atoms with E-state index in [1.54, 1.807) is 0 Å². The number of aliphatic imine (C=N–C) groups is 1. The van der Waals surface area contributed by atoms with E-state index in [2.05, 4.69) is 72.2 Å². The van der Waals surface area contributed by atoms with Crippen molar-refractivity contribution in [3.8, 4) is 0 Å². The minimum Gasteiger partial charge on any atom is -0.378 e. The third kappa shape index (κ3) is 6.97. The van der Waals surface area contributed by atoms with Crippen molar-refractivity contribution in [2.24, 2.45) is 4.99 Å². The highest BCUT2D eigenvalue weighted by atomic mass is 127. The molecule has 2 heterocycles. The zero-order valence-electron chi connectivity index (χ0n) is 19.5. The number of anilines is 1. The molecule has 1 amide bonds. The Morgan fingerprint density at radius 3 is 2.39 bits per heavy atom. The van der Waals surface area contributed by atoms with Crippen LogP contribution in [0.25, 0.3) is 0 Å². The quantitative estimate of drug-likeness (QED) is 0.340. The SMILES string of the molecule is CCNC(=NCc1cccc(N(C)C)c1)N1CCN(C(C)C(=O)N2CCCC2)CC1.I. The van der Waals surface area contributed by atoms with Crippen LogP contribution in [0.1, 0.15) is 32.3 Å². The summed E-state index contributed by atoms with van der Waals surface area (Å²) in [4.78, 5) is 26.4. The van der Waals surface area contributed by atoms with Crippen LogP contribution in [0.5, 0.6) is 0 Å². The minimum atomic E-state index is -0.0291. The molecule has 0 aromatic heterocycles. The second kappa shape index (κ2) is 12.5. The lowest BCUT2D eigenvalue weighted by molar-refractivity contribution is -0.135. The Morgan fingerprint density at radius 1 is 1.10 bits per heavy atom. The number of rotatable bonds is 6. The first kappa shape index (κ1) is 25.7. The Labute approximate surface area is 204 Å². The molecule has 1 aromatic rings. The number of carbonyl (C=O) groups is 1. The van der Waals surface area contributed by atoms with Crippen LogP contribution in [0.4, 0.5) is 5.69 Å². The highest BCUT2D eigenvalue weighted by molar-refractivity contribution is 14.0. The molecule has 2 fully saturated rings. The molecule has 0 aliphatic carbocycles. The van der Waals surface area contributed by atoms with Gasteiger partial charge in [-0.05, 0) is 44.4 Å². The number of nitrogens with zero attached hydrogens (tertiary/aromatic N) is 5. The number of nitrogens with one attached hydrogen (secondary N) is 1. The van der Waals surface area contributed by atoms with Gasteiger partial charge < -0.3 is 20.0 Å². The van der Waals surface area contributed by atoms with Gasteiger partial charge in [0.1, 0.15) is 0 Å². The lowest BCUT2D eigenvalue weighted by Crippen LogP contribution is -2.57. The molecule has 1 N–H and O–H groups in total. The molecule has 3 rings (SSSR count). The highest BCUT2D eigenvalue weighted by Gasteiger charge is 2.30. The van der Waals surface area contributed by atoms with Crippen LogP contribution in [-0.2, 0) is 11.3 Å². The Bertz CT molecular complexity index is 727. The summed E-state index contributed by atoms with van der Waals surface area (Å²) in [5.74, 6) is 1.26. The standard InChI is InChI=1S/C23H38N6O.HI/c1-5-24-23(25-18-20-9-8-10-21(17-20)26(3)4)29-15-13-27(14-16-29)19(2)22(30)28-11-6-7-12-28;/h8-10,17,19H,5-7,11-16,18H2,1-4H3,(H,24,25);1H. The van der Waals surface area contributed by atoms with Gasteiger partial charge in [0, 0.05) is 65.6 Å². The maximum Gasteiger partial charge on any atom is 0.239 e. The predicted octanol–water partition coefficient (Wildman–Crippen LogP) is 2.46. The first-order valence-electron chi connectivity index (χ1n) is 11.3. The van der Waals surface area contributed by atoms with Crippen molar-refractivity contribution in [2.75, 3.05) is 64.8 Å². The summed E-state index contributed by atoms with van der Waals surface area (Å²) in [5.41, 5.74) is 2.40. The molecule has 8 heteroatoms. The fourth-order valence-corrected chi connectivity index (χ4v) is 4.20. The van der Waals surface area contributed by atoms with E-state index in [1.807, 2.05) is 4.90 Å². The highest BCUT2D eigenvalue weighted by Crippen LogP contribution is 2.16. The van der Waals surface area contributed by atoms with E-state index in [9.17, 15) is 4.79 Å². The summed E-state index contributed by atoms with van der Waals surface area (Å²) in [5, 5.41) is 3.44. The first-order chi connectivity index (χ1) is 14.5. The van der Waals surface area contributed by atoms with Crippen LogP contribution in [0.2, 0.25) is 0 Å². The molecule has 7 nitrogen and oxygen atoms in total. The molecule has 0 radical (unpaired) electrons. The van der Waals surface area contributed by atoms with Crippen molar-refractivity contribution >= 4 is 41.5 Å². The lowest BCUT2D eigenvalue weighted by Gasteiger charge is -2.39. The summed E-state index contributed by atoms with van der Waals surface area (Å²) in [6.45, 7) is 11.1. The van der Waals surface area contributed by atoms with Gasteiger partial charge in [-0.2, -0.15) is 0 Å². The molecule has 2 aliphatic rings. The molecule has 2 aliphatic heterocycles. The molecular formula is C23H39IN6O. The Balaban J connectivity index is 0.00000341. The summed E-state index contributed by atoms with van der Waals surface area (Å²) in [7, 11) is 4.11. The predicted molar refractivity (Wildman–Crippen MR) is 139 cm³/mol. The van der Waals surface area contributed by atoms with Crippen molar-refractivity contribution in [3.05, 3.63) is 29.8 Å². The van der Waals surface area contributed by atoms with Gasteiger partial charge in [0.05, 0.1) is 12.6 Å². The van der Waals surface area contributed by atoms with Gasteiger partial charge in [0.2, 0.25) is 5.91 Å². The van der Waals surface area contributed by atoms with E-state index >= 15 is 0 Å². The van der Waals surface area contributed by atoms with E-state index in [0.717, 1.165) is 64.6 Å². The fraction of sp³-hybridized carbons (Fsp3) is 0.652. The molecular weight excluding hydrogens is 503 g/mol. The molecule has 0 saturated carbocycles. The number of halogens is 1. The largest absolute Gasteiger partial charge is 0.378 e.